The number of amides is 1. The number of non-ortho nitro benzene ring substituents is 1. The number of rotatable bonds is 4. The molecule has 0 aliphatic carbocycles. The highest BCUT2D eigenvalue weighted by Crippen LogP contribution is 2.33. The van der Waals surface area contributed by atoms with Gasteiger partial charge in [0.15, 0.2) is 0 Å². The first-order chi connectivity index (χ1) is 10.8. The lowest BCUT2D eigenvalue weighted by molar-refractivity contribution is -0.385. The first kappa shape index (κ1) is 16.2. The van der Waals surface area contributed by atoms with Gasteiger partial charge in [-0.2, -0.15) is 0 Å². The minimum atomic E-state index is -0.871. The number of anilines is 1. The summed E-state index contributed by atoms with van der Waals surface area (Å²) in [6.45, 7) is 0. The zero-order valence-electron chi connectivity index (χ0n) is 11.2. The van der Waals surface area contributed by atoms with Crippen molar-refractivity contribution >= 4 is 34.6 Å². The number of carbonyl (C=O) groups excluding carboxylic acids is 1. The normalized spacial score (nSPS) is 10.1. The fraction of sp³-hybridized carbons (Fsp3) is 0. The van der Waals surface area contributed by atoms with Gasteiger partial charge >= 0.3 is 5.69 Å². The van der Waals surface area contributed by atoms with Crippen LogP contribution in [0.4, 0.5) is 17.1 Å². The molecule has 0 atom stereocenters. The van der Waals surface area contributed by atoms with Gasteiger partial charge in [0.05, 0.1) is 15.4 Å². The minimum Gasteiger partial charge on any atom is -0.502 e. The Balaban J connectivity index is 2.30. The number of phenolic OH excluding ortho intramolecular Hbond substituents is 1. The van der Waals surface area contributed by atoms with Crippen molar-refractivity contribution in [1.82, 2.24) is 0 Å². The number of nitro benzene ring substituents is 2. The van der Waals surface area contributed by atoms with Gasteiger partial charge in [-0.3, -0.25) is 25.0 Å². The van der Waals surface area contributed by atoms with Crippen LogP contribution in [0.5, 0.6) is 5.75 Å². The Morgan fingerprint density at radius 3 is 2.22 bits per heavy atom. The number of phenols is 1. The van der Waals surface area contributed by atoms with E-state index in [1.54, 1.807) is 0 Å². The number of nitrogens with one attached hydrogen (secondary N) is 1. The summed E-state index contributed by atoms with van der Waals surface area (Å²) in [6.07, 6.45) is 0. The lowest BCUT2D eigenvalue weighted by Crippen LogP contribution is -2.12. The summed E-state index contributed by atoms with van der Waals surface area (Å²) in [6, 6.07) is 6.91. The van der Waals surface area contributed by atoms with E-state index < -0.39 is 27.2 Å². The molecule has 1 amide bonds. The topological polar surface area (TPSA) is 136 Å². The first-order valence-electron chi connectivity index (χ1n) is 6.02. The van der Waals surface area contributed by atoms with Gasteiger partial charge < -0.3 is 10.4 Å². The van der Waals surface area contributed by atoms with Gasteiger partial charge in [0.2, 0.25) is 5.75 Å². The van der Waals surface area contributed by atoms with E-state index in [9.17, 15) is 30.1 Å². The molecular formula is C13H8ClN3O6. The van der Waals surface area contributed by atoms with Crippen molar-refractivity contribution in [2.45, 2.75) is 0 Å². The quantitative estimate of drug-likeness (QED) is 0.649. The molecule has 0 fully saturated rings. The third-order valence-electron chi connectivity index (χ3n) is 2.83. The second-order valence-electron chi connectivity index (χ2n) is 4.34. The smallest absolute Gasteiger partial charge is 0.313 e. The van der Waals surface area contributed by atoms with Crippen LogP contribution in [0.2, 0.25) is 5.02 Å². The number of nitro groups is 2. The number of carbonyl (C=O) groups is 1. The van der Waals surface area contributed by atoms with Gasteiger partial charge in [-0.1, -0.05) is 11.6 Å². The molecule has 2 aromatic rings. The predicted octanol–water partition coefficient (Wildman–Crippen LogP) is 3.11. The Morgan fingerprint density at radius 2 is 1.70 bits per heavy atom. The van der Waals surface area contributed by atoms with Crippen LogP contribution < -0.4 is 5.32 Å². The average Bonchev–Trinajstić information content (AvgIpc) is 2.49. The van der Waals surface area contributed by atoms with Crippen LogP contribution >= 0.6 is 11.6 Å². The Labute approximate surface area is 133 Å². The molecule has 118 valence electrons. The fourth-order valence-corrected chi connectivity index (χ4v) is 1.97. The lowest BCUT2D eigenvalue weighted by atomic mass is 10.1. The molecule has 2 N–H and O–H groups in total. The molecule has 2 aromatic carbocycles. The van der Waals surface area contributed by atoms with Gasteiger partial charge in [-0.25, -0.2) is 0 Å². The van der Waals surface area contributed by atoms with Crippen LogP contribution in [0.3, 0.4) is 0 Å². The van der Waals surface area contributed by atoms with Crippen molar-refractivity contribution in [3.05, 3.63) is 67.2 Å². The minimum absolute atomic E-state index is 0.0941. The van der Waals surface area contributed by atoms with Crippen molar-refractivity contribution in [2.24, 2.45) is 0 Å². The molecular weight excluding hydrogens is 330 g/mol. The van der Waals surface area contributed by atoms with Gasteiger partial charge in [0, 0.05) is 28.9 Å². The monoisotopic (exact) mass is 337 g/mol. The SMILES string of the molecule is O=C(Nc1ccc([N+](=O)[O-])cc1)c1cc(Cl)cc([N+](=O)[O-])c1O. The van der Waals surface area contributed by atoms with Crippen molar-refractivity contribution in [1.29, 1.82) is 0 Å². The van der Waals surface area contributed by atoms with Crippen molar-refractivity contribution < 1.29 is 19.7 Å². The second-order valence-corrected chi connectivity index (χ2v) is 4.77. The van der Waals surface area contributed by atoms with Crippen LogP contribution in [-0.2, 0) is 0 Å². The standard InChI is InChI=1S/C13H8ClN3O6/c14-7-5-10(12(18)11(6-7)17(22)23)13(19)15-8-1-3-9(4-2-8)16(20)21/h1-6,18H,(H,15,19). The first-order valence-corrected chi connectivity index (χ1v) is 6.40. The molecule has 23 heavy (non-hydrogen) atoms. The highest BCUT2D eigenvalue weighted by molar-refractivity contribution is 6.31. The largest absolute Gasteiger partial charge is 0.502 e. The summed E-state index contributed by atoms with van der Waals surface area (Å²) in [7, 11) is 0. The molecule has 10 heteroatoms. The molecule has 0 saturated heterocycles. The van der Waals surface area contributed by atoms with Crippen LogP contribution in [0.1, 0.15) is 10.4 Å². The molecule has 0 spiro atoms. The third kappa shape index (κ3) is 3.52. The molecule has 0 aliphatic heterocycles. The molecule has 0 radical (unpaired) electrons. The molecule has 0 aromatic heterocycles. The Bertz CT molecular complexity index is 806. The van der Waals surface area contributed by atoms with Crippen LogP contribution in [0, 0.1) is 20.2 Å². The lowest BCUT2D eigenvalue weighted by Gasteiger charge is -2.07. The maximum absolute atomic E-state index is 12.1. The van der Waals surface area contributed by atoms with Crippen molar-refractivity contribution in [3.63, 3.8) is 0 Å². The summed E-state index contributed by atoms with van der Waals surface area (Å²) in [4.78, 5) is 32.0. The number of benzene rings is 2. The Hall–Kier alpha value is -3.20. The maximum Gasteiger partial charge on any atom is 0.313 e. The van der Waals surface area contributed by atoms with E-state index >= 15 is 0 Å². The molecule has 0 saturated carbocycles. The van der Waals surface area contributed by atoms with E-state index in [0.29, 0.717) is 0 Å². The number of halogens is 1. The average molecular weight is 338 g/mol. The van der Waals surface area contributed by atoms with E-state index in [0.717, 1.165) is 12.1 Å². The fourth-order valence-electron chi connectivity index (χ4n) is 1.76. The zero-order valence-corrected chi connectivity index (χ0v) is 12.0. The predicted molar refractivity (Wildman–Crippen MR) is 80.8 cm³/mol. The van der Waals surface area contributed by atoms with Gasteiger partial charge in [0.25, 0.3) is 11.6 Å². The number of aromatic hydroxyl groups is 1. The Morgan fingerprint density at radius 1 is 1.09 bits per heavy atom. The summed E-state index contributed by atoms with van der Waals surface area (Å²) in [5.41, 5.74) is -1.04. The number of hydrogen-bond acceptors (Lipinski definition) is 6. The number of nitrogens with zero attached hydrogens (tertiary/aromatic N) is 2. The van der Waals surface area contributed by atoms with Crippen LogP contribution in [0.25, 0.3) is 0 Å². The van der Waals surface area contributed by atoms with Crippen LogP contribution in [-0.4, -0.2) is 20.9 Å². The molecule has 9 nitrogen and oxygen atoms in total. The van der Waals surface area contributed by atoms with Gasteiger partial charge in [0.1, 0.15) is 0 Å². The van der Waals surface area contributed by atoms with Crippen LogP contribution in [0.15, 0.2) is 36.4 Å². The molecule has 0 heterocycles. The van der Waals surface area contributed by atoms with Gasteiger partial charge in [-0.15, -0.1) is 0 Å². The van der Waals surface area contributed by atoms with E-state index in [4.69, 9.17) is 11.6 Å². The van der Waals surface area contributed by atoms with Crippen molar-refractivity contribution in [3.8, 4) is 5.75 Å². The summed E-state index contributed by atoms with van der Waals surface area (Å²) >= 11 is 5.70. The van der Waals surface area contributed by atoms with E-state index in [1.807, 2.05) is 0 Å². The second kappa shape index (κ2) is 6.28. The van der Waals surface area contributed by atoms with E-state index in [-0.39, 0.29) is 22.0 Å². The molecule has 0 aliphatic rings. The maximum atomic E-state index is 12.1. The highest BCUT2D eigenvalue weighted by Gasteiger charge is 2.23. The third-order valence-corrected chi connectivity index (χ3v) is 3.05. The summed E-state index contributed by atoms with van der Waals surface area (Å²) < 4.78 is 0. The molecule has 2 rings (SSSR count). The van der Waals surface area contributed by atoms with E-state index in [1.165, 1.54) is 24.3 Å². The zero-order chi connectivity index (χ0) is 17.1. The summed E-state index contributed by atoms with van der Waals surface area (Å²) in [5.74, 6) is -1.67. The molecule has 0 bridgehead atoms. The summed E-state index contributed by atoms with van der Waals surface area (Å²) in [5, 5.41) is 33.4. The highest BCUT2D eigenvalue weighted by atomic mass is 35.5. The van der Waals surface area contributed by atoms with Gasteiger partial charge in [-0.05, 0) is 18.2 Å². The molecule has 0 unspecified atom stereocenters. The van der Waals surface area contributed by atoms with Crippen molar-refractivity contribution in [2.75, 3.05) is 5.32 Å². The number of hydrogen-bond donors (Lipinski definition) is 2. The van der Waals surface area contributed by atoms with E-state index in [2.05, 4.69) is 5.32 Å². The Kier molecular flexibility index (Phi) is 4.42.